The summed E-state index contributed by atoms with van der Waals surface area (Å²) in [5, 5.41) is 59.8. The Bertz CT molecular complexity index is 1010. The molecule has 36 heavy (non-hydrogen) atoms. The Morgan fingerprint density at radius 3 is 2.58 bits per heavy atom. The summed E-state index contributed by atoms with van der Waals surface area (Å²) in [6.07, 6.45) is -7.19. The van der Waals surface area contributed by atoms with Crippen LogP contribution in [0.25, 0.3) is 0 Å². The lowest BCUT2D eigenvalue weighted by Crippen LogP contribution is -2.60. The highest BCUT2D eigenvalue weighted by Crippen LogP contribution is 2.60. The van der Waals surface area contributed by atoms with Crippen molar-refractivity contribution in [1.29, 1.82) is 0 Å². The molecule has 0 bridgehead atoms. The maximum absolute atomic E-state index is 12.9. The molecule has 1 aromatic carbocycles. The van der Waals surface area contributed by atoms with Gasteiger partial charge in [0, 0.05) is 5.92 Å². The third-order valence-corrected chi connectivity index (χ3v) is 7.26. The quantitative estimate of drug-likeness (QED) is 0.173. The molecular formula is C23H28O13. The van der Waals surface area contributed by atoms with E-state index in [0.717, 1.165) is 0 Å². The minimum absolute atomic E-state index is 0.0973. The molecule has 0 amide bonds. The van der Waals surface area contributed by atoms with Crippen molar-refractivity contribution in [2.45, 2.75) is 54.8 Å². The molecule has 5 rings (SSSR count). The molecule has 3 heterocycles. The van der Waals surface area contributed by atoms with Crippen LogP contribution in [0.4, 0.5) is 0 Å². The molecule has 2 saturated heterocycles. The van der Waals surface area contributed by atoms with E-state index in [9.17, 15) is 35.4 Å². The summed E-state index contributed by atoms with van der Waals surface area (Å²) >= 11 is 0. The van der Waals surface area contributed by atoms with E-state index in [1.165, 1.54) is 31.6 Å². The number of carbonyl (C=O) groups excluding carboxylic acids is 1. The molecule has 11 atom stereocenters. The number of hydrogen-bond donors (Lipinski definition) is 6. The zero-order valence-electron chi connectivity index (χ0n) is 19.1. The number of epoxide rings is 1. The monoisotopic (exact) mass is 512 g/mol. The van der Waals surface area contributed by atoms with E-state index < -0.39 is 85.8 Å². The van der Waals surface area contributed by atoms with E-state index in [0.29, 0.717) is 0 Å². The lowest BCUT2D eigenvalue weighted by Gasteiger charge is -2.43. The number of fused-ring (bicyclic) bond motifs is 3. The first kappa shape index (κ1) is 25.2. The van der Waals surface area contributed by atoms with Crippen LogP contribution in [0.3, 0.4) is 0 Å². The SMILES string of the molecule is COc1cc(C(=O)OC2C3C=COC(O[C@@H]4O[C@H](CO)[C@@H](O)[C@H](O)[C@H]4O)C3C3(CO)OC23)ccc1O. The molecule has 6 unspecified atom stereocenters. The second-order valence-electron chi connectivity index (χ2n) is 9.18. The van der Waals surface area contributed by atoms with Crippen LogP contribution in [0, 0.1) is 11.8 Å². The number of ether oxygens (including phenoxy) is 6. The number of methoxy groups -OCH3 is 1. The first-order valence-electron chi connectivity index (χ1n) is 11.4. The van der Waals surface area contributed by atoms with Gasteiger partial charge in [0.1, 0.15) is 42.2 Å². The van der Waals surface area contributed by atoms with Crippen LogP contribution in [0.1, 0.15) is 10.4 Å². The Kier molecular flexibility index (Phi) is 6.59. The largest absolute Gasteiger partial charge is 0.504 e. The summed E-state index contributed by atoms with van der Waals surface area (Å²) < 4.78 is 33.4. The van der Waals surface area contributed by atoms with Crippen LogP contribution >= 0.6 is 0 Å². The van der Waals surface area contributed by atoms with Crippen LogP contribution in [-0.4, -0.2) is 112 Å². The van der Waals surface area contributed by atoms with Crippen molar-refractivity contribution in [3.05, 3.63) is 36.1 Å². The molecule has 3 fully saturated rings. The van der Waals surface area contributed by atoms with Gasteiger partial charge in [0.15, 0.2) is 17.8 Å². The number of hydrogen-bond acceptors (Lipinski definition) is 13. The van der Waals surface area contributed by atoms with Gasteiger partial charge in [-0.15, -0.1) is 0 Å². The number of aliphatic hydroxyl groups is 5. The summed E-state index contributed by atoms with van der Waals surface area (Å²) in [5.41, 5.74) is -1.03. The van der Waals surface area contributed by atoms with Crippen molar-refractivity contribution in [3.8, 4) is 11.5 Å². The van der Waals surface area contributed by atoms with Gasteiger partial charge in [-0.1, -0.05) is 0 Å². The minimum atomic E-state index is -1.66. The number of aliphatic hydroxyl groups excluding tert-OH is 5. The van der Waals surface area contributed by atoms with Crippen LogP contribution in [0.15, 0.2) is 30.5 Å². The molecule has 3 aliphatic heterocycles. The molecule has 0 radical (unpaired) electrons. The minimum Gasteiger partial charge on any atom is -0.504 e. The molecule has 1 aliphatic carbocycles. The van der Waals surface area contributed by atoms with Gasteiger partial charge in [-0.05, 0) is 24.3 Å². The topological polar surface area (TPSA) is 197 Å². The van der Waals surface area contributed by atoms with E-state index in [2.05, 4.69) is 0 Å². The van der Waals surface area contributed by atoms with Gasteiger partial charge in [0.2, 0.25) is 6.29 Å². The van der Waals surface area contributed by atoms with Crippen molar-refractivity contribution in [3.63, 3.8) is 0 Å². The number of phenols is 1. The maximum atomic E-state index is 12.9. The molecule has 0 aromatic heterocycles. The average molecular weight is 512 g/mol. The van der Waals surface area contributed by atoms with Gasteiger partial charge in [-0.3, -0.25) is 0 Å². The number of benzene rings is 1. The van der Waals surface area contributed by atoms with Gasteiger partial charge < -0.3 is 59.1 Å². The lowest BCUT2D eigenvalue weighted by atomic mass is 9.85. The fourth-order valence-electron chi connectivity index (χ4n) is 5.28. The molecule has 13 nitrogen and oxygen atoms in total. The summed E-state index contributed by atoms with van der Waals surface area (Å²) in [6.45, 7) is -1.07. The third kappa shape index (κ3) is 3.92. The molecular weight excluding hydrogens is 484 g/mol. The fourth-order valence-corrected chi connectivity index (χ4v) is 5.28. The van der Waals surface area contributed by atoms with Gasteiger partial charge in [-0.25, -0.2) is 4.79 Å². The Hall–Kier alpha value is -2.49. The van der Waals surface area contributed by atoms with Crippen LogP contribution in [0.2, 0.25) is 0 Å². The molecule has 1 aromatic rings. The van der Waals surface area contributed by atoms with Crippen LogP contribution in [-0.2, 0) is 23.7 Å². The second-order valence-corrected chi connectivity index (χ2v) is 9.18. The van der Waals surface area contributed by atoms with Gasteiger partial charge >= 0.3 is 5.97 Å². The van der Waals surface area contributed by atoms with Crippen LogP contribution in [0.5, 0.6) is 11.5 Å². The zero-order valence-corrected chi connectivity index (χ0v) is 19.1. The van der Waals surface area contributed by atoms with Crippen molar-refractivity contribution in [2.75, 3.05) is 20.3 Å². The van der Waals surface area contributed by atoms with Crippen molar-refractivity contribution >= 4 is 5.97 Å². The third-order valence-electron chi connectivity index (χ3n) is 7.26. The summed E-state index contributed by atoms with van der Waals surface area (Å²) in [7, 11) is 1.35. The Balaban J connectivity index is 1.35. The predicted octanol–water partition coefficient (Wildman–Crippen LogP) is -2.01. The second kappa shape index (κ2) is 9.43. The number of carbonyl (C=O) groups is 1. The van der Waals surface area contributed by atoms with Crippen molar-refractivity contribution in [2.24, 2.45) is 11.8 Å². The van der Waals surface area contributed by atoms with Crippen molar-refractivity contribution < 1.29 is 63.9 Å². The number of rotatable bonds is 7. The van der Waals surface area contributed by atoms with Gasteiger partial charge in [-0.2, -0.15) is 0 Å². The van der Waals surface area contributed by atoms with E-state index in [1.807, 2.05) is 0 Å². The van der Waals surface area contributed by atoms with Gasteiger partial charge in [0.25, 0.3) is 0 Å². The van der Waals surface area contributed by atoms with E-state index >= 15 is 0 Å². The fraction of sp³-hybridized carbons (Fsp3) is 0.609. The lowest BCUT2D eigenvalue weighted by molar-refractivity contribution is -0.344. The first-order chi connectivity index (χ1) is 17.2. The number of esters is 1. The van der Waals surface area contributed by atoms with Crippen molar-refractivity contribution in [1.82, 2.24) is 0 Å². The number of phenolic OH excluding ortho intramolecular Hbond substituents is 1. The Labute approximate surface area is 205 Å². The summed E-state index contributed by atoms with van der Waals surface area (Å²) in [4.78, 5) is 12.9. The molecule has 13 heteroatoms. The summed E-state index contributed by atoms with van der Waals surface area (Å²) in [6, 6.07) is 4.02. The Morgan fingerprint density at radius 1 is 1.11 bits per heavy atom. The zero-order chi connectivity index (χ0) is 25.8. The van der Waals surface area contributed by atoms with E-state index in [4.69, 9.17) is 28.4 Å². The molecule has 198 valence electrons. The average Bonchev–Trinajstić information content (AvgIpc) is 3.56. The summed E-state index contributed by atoms with van der Waals surface area (Å²) in [5.74, 6) is -1.95. The highest BCUT2D eigenvalue weighted by Gasteiger charge is 2.77. The maximum Gasteiger partial charge on any atom is 0.338 e. The van der Waals surface area contributed by atoms with E-state index in [1.54, 1.807) is 6.08 Å². The molecule has 0 spiro atoms. The molecule has 1 saturated carbocycles. The molecule has 4 aliphatic rings. The highest BCUT2D eigenvalue weighted by atomic mass is 16.8. The molecule has 6 N–H and O–H groups in total. The normalized spacial score (nSPS) is 42.7. The Morgan fingerprint density at radius 2 is 1.89 bits per heavy atom. The van der Waals surface area contributed by atoms with E-state index in [-0.39, 0.29) is 17.1 Å². The number of aromatic hydroxyl groups is 1. The predicted molar refractivity (Wildman–Crippen MR) is 114 cm³/mol. The highest BCUT2D eigenvalue weighted by molar-refractivity contribution is 5.90. The van der Waals surface area contributed by atoms with Crippen LogP contribution < -0.4 is 4.74 Å². The first-order valence-corrected chi connectivity index (χ1v) is 11.4. The smallest absolute Gasteiger partial charge is 0.338 e. The van der Waals surface area contributed by atoms with Gasteiger partial charge in [0.05, 0.1) is 38.1 Å². The standard InChI is InChI=1S/C23H28O13/c1-31-12-6-9(2-3-11(12)26)20(30)34-18-10-4-5-32-21(14(10)23(8-25)19(18)36-23)35-22-17(29)16(28)15(27)13(7-24)33-22/h2-6,10,13-19,21-22,24-29H,7-8H2,1H3/t10?,13-,14?,15-,16+,17-,18?,19?,21?,22+,23?/m1/s1.